The normalized spacial score (nSPS) is 19.4. The van der Waals surface area contributed by atoms with Crippen LogP contribution in [0, 0.1) is 0 Å². The summed E-state index contributed by atoms with van der Waals surface area (Å²) in [5.41, 5.74) is 7.42. The molecule has 0 aromatic heterocycles. The van der Waals surface area contributed by atoms with Gasteiger partial charge in [-0.15, -0.1) is 0 Å². The van der Waals surface area contributed by atoms with Crippen LogP contribution in [-0.2, 0) is 4.79 Å². The molecule has 0 spiro atoms. The van der Waals surface area contributed by atoms with Crippen molar-refractivity contribution in [3.05, 3.63) is 35.9 Å². The van der Waals surface area contributed by atoms with Crippen LogP contribution in [0.1, 0.15) is 108 Å². The first-order valence-corrected chi connectivity index (χ1v) is 11.8. The van der Waals surface area contributed by atoms with E-state index in [1.165, 1.54) is 76.2 Å². The highest BCUT2D eigenvalue weighted by Crippen LogP contribution is 2.40. The van der Waals surface area contributed by atoms with Crippen LogP contribution >= 0.6 is 0 Å². The van der Waals surface area contributed by atoms with Gasteiger partial charge in [0.05, 0.1) is 6.04 Å². The molecule has 0 radical (unpaired) electrons. The van der Waals surface area contributed by atoms with Crippen molar-refractivity contribution in [2.24, 2.45) is 5.73 Å². The summed E-state index contributed by atoms with van der Waals surface area (Å²) in [7, 11) is 0. The molecule has 1 aromatic carbocycles. The smallest absolute Gasteiger partial charge is 0.237 e. The predicted molar refractivity (Wildman–Crippen MR) is 119 cm³/mol. The van der Waals surface area contributed by atoms with E-state index in [1.54, 1.807) is 0 Å². The van der Waals surface area contributed by atoms with Crippen molar-refractivity contribution in [3.63, 3.8) is 0 Å². The molecule has 3 atom stereocenters. The zero-order valence-corrected chi connectivity index (χ0v) is 18.0. The molecule has 2 rings (SSSR count). The molecular weight excluding hydrogens is 344 g/mol. The Hall–Kier alpha value is -1.35. The average Bonchev–Trinajstić information content (AvgIpc) is 3.48. The van der Waals surface area contributed by atoms with E-state index in [-0.39, 0.29) is 18.0 Å². The van der Waals surface area contributed by atoms with E-state index in [2.05, 4.69) is 36.5 Å². The van der Waals surface area contributed by atoms with Crippen molar-refractivity contribution in [2.45, 2.75) is 115 Å². The molecule has 1 aliphatic carbocycles. The van der Waals surface area contributed by atoms with Crippen LogP contribution in [0.5, 0.6) is 0 Å². The fraction of sp³-hybridized carbons (Fsp3) is 0.720. The van der Waals surface area contributed by atoms with Crippen LogP contribution in [0.3, 0.4) is 0 Å². The molecule has 0 saturated heterocycles. The number of hydrogen-bond donors (Lipinski definition) is 2. The van der Waals surface area contributed by atoms with Gasteiger partial charge < -0.3 is 11.1 Å². The fourth-order valence-electron chi connectivity index (χ4n) is 4.05. The Bertz CT molecular complexity index is 531. The quantitative estimate of drug-likeness (QED) is 0.338. The molecule has 0 aliphatic heterocycles. The number of nitrogens with one attached hydrogen (secondary N) is 1. The lowest BCUT2D eigenvalue weighted by molar-refractivity contribution is -0.122. The van der Waals surface area contributed by atoms with Gasteiger partial charge in [-0.1, -0.05) is 114 Å². The van der Waals surface area contributed by atoms with E-state index in [0.29, 0.717) is 5.92 Å². The zero-order chi connectivity index (χ0) is 20.0. The molecule has 3 heteroatoms. The first-order valence-electron chi connectivity index (χ1n) is 11.8. The number of nitrogens with two attached hydrogens (primary N) is 1. The lowest BCUT2D eigenvalue weighted by Crippen LogP contribution is -2.41. The van der Waals surface area contributed by atoms with Gasteiger partial charge in [-0.25, -0.2) is 0 Å². The van der Waals surface area contributed by atoms with Crippen molar-refractivity contribution < 1.29 is 4.79 Å². The molecule has 1 saturated carbocycles. The first-order chi connectivity index (χ1) is 13.7. The molecule has 1 amide bonds. The van der Waals surface area contributed by atoms with E-state index in [0.717, 1.165) is 19.3 Å². The number of benzene rings is 1. The third kappa shape index (κ3) is 9.23. The molecule has 1 aliphatic rings. The predicted octanol–water partition coefficient (Wildman–Crippen LogP) is 6.08. The molecule has 0 heterocycles. The number of carbonyl (C=O) groups excluding carboxylic acids is 1. The van der Waals surface area contributed by atoms with Crippen molar-refractivity contribution in [2.75, 3.05) is 0 Å². The summed E-state index contributed by atoms with van der Waals surface area (Å²) < 4.78 is 0. The minimum Gasteiger partial charge on any atom is -0.351 e. The van der Waals surface area contributed by atoms with Crippen LogP contribution in [0.25, 0.3) is 0 Å². The van der Waals surface area contributed by atoms with Gasteiger partial charge in [0.1, 0.15) is 0 Å². The molecule has 3 unspecified atom stereocenters. The Labute approximate surface area is 172 Å². The Balaban J connectivity index is 1.41. The zero-order valence-electron chi connectivity index (χ0n) is 18.0. The lowest BCUT2D eigenvalue weighted by atomic mass is 10.0. The maximum absolute atomic E-state index is 12.3. The maximum Gasteiger partial charge on any atom is 0.237 e. The highest BCUT2D eigenvalue weighted by Gasteiger charge is 2.39. The highest BCUT2D eigenvalue weighted by molar-refractivity contribution is 5.82. The molecule has 28 heavy (non-hydrogen) atoms. The third-order valence-corrected chi connectivity index (χ3v) is 6.05. The minimum absolute atomic E-state index is 0.0338. The van der Waals surface area contributed by atoms with Gasteiger partial charge in [-0.2, -0.15) is 0 Å². The summed E-state index contributed by atoms with van der Waals surface area (Å²) in [6.07, 6.45) is 17.9. The van der Waals surface area contributed by atoms with E-state index < -0.39 is 0 Å². The Kier molecular flexibility index (Phi) is 11.3. The molecule has 3 N–H and O–H groups in total. The van der Waals surface area contributed by atoms with Crippen LogP contribution in [0.2, 0.25) is 0 Å². The van der Waals surface area contributed by atoms with Crippen LogP contribution < -0.4 is 11.1 Å². The number of hydrogen-bond acceptors (Lipinski definition) is 2. The Morgan fingerprint density at radius 3 is 2.04 bits per heavy atom. The molecule has 0 bridgehead atoms. The summed E-state index contributed by atoms with van der Waals surface area (Å²) in [4.78, 5) is 12.3. The molecular formula is C25H42N2O. The average molecular weight is 387 g/mol. The van der Waals surface area contributed by atoms with Crippen molar-refractivity contribution in [3.8, 4) is 0 Å². The number of amides is 1. The number of unbranched alkanes of at least 4 members (excludes halogenated alkanes) is 11. The van der Waals surface area contributed by atoms with Crippen molar-refractivity contribution in [1.29, 1.82) is 0 Å². The van der Waals surface area contributed by atoms with Crippen molar-refractivity contribution in [1.82, 2.24) is 5.32 Å². The summed E-state index contributed by atoms with van der Waals surface area (Å²) in [6.45, 7) is 2.27. The van der Waals surface area contributed by atoms with E-state index in [4.69, 9.17) is 5.73 Å². The molecule has 1 aromatic rings. The molecule has 3 nitrogen and oxygen atoms in total. The topological polar surface area (TPSA) is 55.1 Å². The monoisotopic (exact) mass is 386 g/mol. The lowest BCUT2D eigenvalue weighted by Gasteiger charge is -2.12. The summed E-state index contributed by atoms with van der Waals surface area (Å²) in [5, 5.41) is 3.13. The summed E-state index contributed by atoms with van der Waals surface area (Å²) in [6, 6.07) is 10.4. The highest BCUT2D eigenvalue weighted by atomic mass is 16.2. The summed E-state index contributed by atoms with van der Waals surface area (Å²) in [5.74, 6) is 0.510. The Morgan fingerprint density at radius 2 is 1.46 bits per heavy atom. The molecule has 1 fully saturated rings. The van der Waals surface area contributed by atoms with Crippen LogP contribution in [0.15, 0.2) is 30.3 Å². The maximum atomic E-state index is 12.3. The van der Waals surface area contributed by atoms with Crippen molar-refractivity contribution >= 4 is 5.91 Å². The van der Waals surface area contributed by atoms with Gasteiger partial charge >= 0.3 is 0 Å². The first kappa shape index (κ1) is 22.9. The van der Waals surface area contributed by atoms with Gasteiger partial charge in [-0.3, -0.25) is 4.79 Å². The third-order valence-electron chi connectivity index (χ3n) is 6.05. The SMILES string of the molecule is CCCCCCCCCCCCCCC(N)C(=O)NC1CC1c1ccccc1. The van der Waals surface area contributed by atoms with E-state index >= 15 is 0 Å². The van der Waals surface area contributed by atoms with Crippen LogP contribution in [-0.4, -0.2) is 18.0 Å². The van der Waals surface area contributed by atoms with Gasteiger partial charge in [0, 0.05) is 12.0 Å². The summed E-state index contributed by atoms with van der Waals surface area (Å²) >= 11 is 0. The Morgan fingerprint density at radius 1 is 0.929 bits per heavy atom. The largest absolute Gasteiger partial charge is 0.351 e. The van der Waals surface area contributed by atoms with Gasteiger partial charge in [-0.05, 0) is 18.4 Å². The van der Waals surface area contributed by atoms with Gasteiger partial charge in [0.2, 0.25) is 5.91 Å². The molecule has 158 valence electrons. The minimum atomic E-state index is -0.347. The van der Waals surface area contributed by atoms with E-state index in [9.17, 15) is 4.79 Å². The van der Waals surface area contributed by atoms with Gasteiger partial charge in [0.25, 0.3) is 0 Å². The number of carbonyl (C=O) groups is 1. The van der Waals surface area contributed by atoms with Gasteiger partial charge in [0.15, 0.2) is 0 Å². The number of rotatable bonds is 16. The van der Waals surface area contributed by atoms with Crippen LogP contribution in [0.4, 0.5) is 0 Å². The standard InChI is InChI=1S/C25H42N2O/c1-2-3-4-5-6-7-8-9-10-11-12-16-19-23(26)25(28)27-24-20-22(24)21-17-14-13-15-18-21/h13-15,17-18,22-24H,2-12,16,19-20,26H2,1H3,(H,27,28). The second-order valence-corrected chi connectivity index (χ2v) is 8.65. The van der Waals surface area contributed by atoms with E-state index in [1.807, 2.05) is 6.07 Å². The fourth-order valence-corrected chi connectivity index (χ4v) is 4.05. The second kappa shape index (κ2) is 13.8. The second-order valence-electron chi connectivity index (χ2n) is 8.65.